The molecule has 0 aliphatic carbocycles. The second kappa shape index (κ2) is 4.10. The van der Waals surface area contributed by atoms with E-state index in [1.54, 1.807) is 24.3 Å². The molecule has 1 unspecified atom stereocenters. The molecule has 0 aliphatic rings. The van der Waals surface area contributed by atoms with Gasteiger partial charge < -0.3 is 9.52 Å². The minimum Gasteiger partial charge on any atom is -0.466 e. The molecular weight excluding hydrogens is 207 g/mol. The summed E-state index contributed by atoms with van der Waals surface area (Å²) in [4.78, 5) is 0. The zero-order chi connectivity index (χ0) is 11.6. The van der Waals surface area contributed by atoms with Crippen LogP contribution in [0.3, 0.4) is 0 Å². The fourth-order valence-electron chi connectivity index (χ4n) is 1.78. The molecule has 1 N–H and O–H groups in total. The van der Waals surface area contributed by atoms with E-state index in [2.05, 4.69) is 0 Å². The fourth-order valence-corrected chi connectivity index (χ4v) is 1.78. The normalized spacial score (nSPS) is 14.7. The molecule has 3 heteroatoms. The highest BCUT2D eigenvalue weighted by molar-refractivity contribution is 5.31. The molecule has 84 valence electrons. The van der Waals surface area contributed by atoms with Crippen molar-refractivity contribution in [3.8, 4) is 0 Å². The van der Waals surface area contributed by atoms with Gasteiger partial charge in [0, 0.05) is 0 Å². The summed E-state index contributed by atoms with van der Waals surface area (Å²) in [6.07, 6.45) is 1.92. The van der Waals surface area contributed by atoms with Crippen LogP contribution in [0.15, 0.2) is 47.1 Å². The number of benzene rings is 1. The molecule has 0 saturated heterocycles. The summed E-state index contributed by atoms with van der Waals surface area (Å²) in [7, 11) is 0. The van der Waals surface area contributed by atoms with Crippen molar-refractivity contribution in [2.75, 3.05) is 0 Å². The molecule has 2 rings (SSSR count). The first kappa shape index (κ1) is 10.9. The summed E-state index contributed by atoms with van der Waals surface area (Å²) in [6.45, 7) is 1.83. The van der Waals surface area contributed by atoms with E-state index in [4.69, 9.17) is 4.42 Å². The van der Waals surface area contributed by atoms with Crippen LogP contribution < -0.4 is 0 Å². The smallest absolute Gasteiger partial charge is 0.147 e. The Bertz CT molecular complexity index is 465. The van der Waals surface area contributed by atoms with Gasteiger partial charge in [0.2, 0.25) is 0 Å². The second-order valence-electron chi connectivity index (χ2n) is 3.70. The molecule has 1 heterocycles. The number of furan rings is 1. The maximum Gasteiger partial charge on any atom is 0.147 e. The van der Waals surface area contributed by atoms with Crippen molar-refractivity contribution in [2.45, 2.75) is 18.9 Å². The number of hydrogen-bond acceptors (Lipinski definition) is 2. The third kappa shape index (κ3) is 1.74. The summed E-state index contributed by atoms with van der Waals surface area (Å²) >= 11 is 0. The SMILES string of the molecule is CCC(O)(c1cccc(F)c1)c1ccco1. The summed E-state index contributed by atoms with van der Waals surface area (Å²) < 4.78 is 18.3. The van der Waals surface area contributed by atoms with Crippen LogP contribution in [-0.2, 0) is 5.60 Å². The van der Waals surface area contributed by atoms with Gasteiger partial charge in [-0.15, -0.1) is 0 Å². The number of hydrogen-bond donors (Lipinski definition) is 1. The third-order valence-electron chi connectivity index (χ3n) is 2.74. The van der Waals surface area contributed by atoms with Crippen LogP contribution in [0.1, 0.15) is 24.7 Å². The quantitative estimate of drug-likeness (QED) is 0.862. The van der Waals surface area contributed by atoms with E-state index in [-0.39, 0.29) is 5.82 Å². The van der Waals surface area contributed by atoms with E-state index < -0.39 is 5.60 Å². The van der Waals surface area contributed by atoms with Gasteiger partial charge in [0.25, 0.3) is 0 Å². The van der Waals surface area contributed by atoms with Crippen LogP contribution >= 0.6 is 0 Å². The topological polar surface area (TPSA) is 33.4 Å². The van der Waals surface area contributed by atoms with Gasteiger partial charge in [0.1, 0.15) is 17.2 Å². The highest BCUT2D eigenvalue weighted by Crippen LogP contribution is 2.33. The monoisotopic (exact) mass is 220 g/mol. The van der Waals surface area contributed by atoms with Crippen LogP contribution in [0.2, 0.25) is 0 Å². The van der Waals surface area contributed by atoms with Crippen molar-refractivity contribution in [1.82, 2.24) is 0 Å². The minimum atomic E-state index is -1.26. The van der Waals surface area contributed by atoms with Crippen molar-refractivity contribution in [2.24, 2.45) is 0 Å². The number of aliphatic hydroxyl groups is 1. The molecule has 0 spiro atoms. The van der Waals surface area contributed by atoms with Gasteiger partial charge in [0.15, 0.2) is 0 Å². The Kier molecular flexibility index (Phi) is 2.79. The largest absolute Gasteiger partial charge is 0.466 e. The lowest BCUT2D eigenvalue weighted by molar-refractivity contribution is 0.0524. The maximum atomic E-state index is 13.1. The lowest BCUT2D eigenvalue weighted by Gasteiger charge is -2.24. The molecule has 1 aromatic heterocycles. The first-order chi connectivity index (χ1) is 7.66. The zero-order valence-electron chi connectivity index (χ0n) is 8.98. The molecule has 2 nitrogen and oxygen atoms in total. The summed E-state index contributed by atoms with van der Waals surface area (Å²) in [5.74, 6) is 0.0662. The van der Waals surface area contributed by atoms with Crippen LogP contribution in [0.5, 0.6) is 0 Å². The molecule has 1 aromatic carbocycles. The standard InChI is InChI=1S/C13H13FO2/c1-2-13(15,12-7-4-8-16-12)10-5-3-6-11(14)9-10/h3-9,15H,2H2,1H3. The third-order valence-corrected chi connectivity index (χ3v) is 2.74. The maximum absolute atomic E-state index is 13.1. The highest BCUT2D eigenvalue weighted by atomic mass is 19.1. The Hall–Kier alpha value is -1.61. The summed E-state index contributed by atoms with van der Waals surface area (Å²) in [6, 6.07) is 9.33. The Morgan fingerprint density at radius 2 is 2.12 bits per heavy atom. The average molecular weight is 220 g/mol. The minimum absolute atomic E-state index is 0.365. The Balaban J connectivity index is 2.50. The van der Waals surface area contributed by atoms with E-state index in [9.17, 15) is 9.50 Å². The van der Waals surface area contributed by atoms with Crippen molar-refractivity contribution in [3.05, 3.63) is 59.8 Å². The molecule has 0 bridgehead atoms. The number of halogens is 1. The van der Waals surface area contributed by atoms with Gasteiger partial charge >= 0.3 is 0 Å². The Labute approximate surface area is 93.3 Å². The molecule has 0 amide bonds. The Morgan fingerprint density at radius 3 is 2.69 bits per heavy atom. The fraction of sp³-hybridized carbons (Fsp3) is 0.231. The lowest BCUT2D eigenvalue weighted by atomic mass is 9.89. The first-order valence-electron chi connectivity index (χ1n) is 5.19. The van der Waals surface area contributed by atoms with Gasteiger partial charge in [-0.2, -0.15) is 0 Å². The van der Waals surface area contributed by atoms with E-state index in [0.717, 1.165) is 0 Å². The van der Waals surface area contributed by atoms with E-state index in [1.165, 1.54) is 18.4 Å². The van der Waals surface area contributed by atoms with Crippen LogP contribution in [0.4, 0.5) is 4.39 Å². The molecule has 0 radical (unpaired) electrons. The molecule has 2 aromatic rings. The average Bonchev–Trinajstić information content (AvgIpc) is 2.82. The van der Waals surface area contributed by atoms with Gasteiger partial charge in [0.05, 0.1) is 6.26 Å². The van der Waals surface area contributed by atoms with Crippen LogP contribution in [-0.4, -0.2) is 5.11 Å². The van der Waals surface area contributed by atoms with Crippen molar-refractivity contribution in [3.63, 3.8) is 0 Å². The van der Waals surface area contributed by atoms with Crippen molar-refractivity contribution < 1.29 is 13.9 Å². The molecule has 1 atom stereocenters. The molecular formula is C13H13FO2. The zero-order valence-corrected chi connectivity index (χ0v) is 8.98. The van der Waals surface area contributed by atoms with Gasteiger partial charge in [-0.25, -0.2) is 4.39 Å². The lowest BCUT2D eigenvalue weighted by Crippen LogP contribution is -2.25. The number of rotatable bonds is 3. The molecule has 0 saturated carbocycles. The van der Waals surface area contributed by atoms with Gasteiger partial charge in [-0.05, 0) is 36.2 Å². The first-order valence-corrected chi connectivity index (χ1v) is 5.19. The Morgan fingerprint density at radius 1 is 1.31 bits per heavy atom. The molecule has 16 heavy (non-hydrogen) atoms. The predicted molar refractivity (Wildman–Crippen MR) is 58.4 cm³/mol. The van der Waals surface area contributed by atoms with Crippen molar-refractivity contribution in [1.29, 1.82) is 0 Å². The van der Waals surface area contributed by atoms with E-state index in [1.807, 2.05) is 6.92 Å². The molecule has 0 fully saturated rings. The van der Waals surface area contributed by atoms with E-state index in [0.29, 0.717) is 17.7 Å². The van der Waals surface area contributed by atoms with Crippen LogP contribution in [0.25, 0.3) is 0 Å². The van der Waals surface area contributed by atoms with Gasteiger partial charge in [-0.3, -0.25) is 0 Å². The van der Waals surface area contributed by atoms with Crippen LogP contribution in [0, 0.1) is 5.82 Å². The molecule has 0 aliphatic heterocycles. The predicted octanol–water partition coefficient (Wildman–Crippen LogP) is 3.06. The highest BCUT2D eigenvalue weighted by Gasteiger charge is 2.32. The van der Waals surface area contributed by atoms with E-state index >= 15 is 0 Å². The van der Waals surface area contributed by atoms with Crippen molar-refractivity contribution >= 4 is 0 Å². The second-order valence-corrected chi connectivity index (χ2v) is 3.70. The summed E-state index contributed by atoms with van der Waals surface area (Å²) in [5.41, 5.74) is -0.754. The van der Waals surface area contributed by atoms with Gasteiger partial charge in [-0.1, -0.05) is 19.1 Å². The summed E-state index contributed by atoms with van der Waals surface area (Å²) in [5, 5.41) is 10.5.